The molecule has 1 aliphatic rings. The van der Waals surface area contributed by atoms with E-state index in [1.807, 2.05) is 27.7 Å². The number of carbonyl (C=O) groups excluding carboxylic acids is 3. The van der Waals surface area contributed by atoms with Gasteiger partial charge in [0, 0.05) is 19.0 Å². The second-order valence-corrected chi connectivity index (χ2v) is 5.42. The summed E-state index contributed by atoms with van der Waals surface area (Å²) in [6.07, 6.45) is 1.16. The standard InChI is InChI=1S/C14H25N3O4/c1-5-11(6-2)12(18)15-13(19)16-14(20)17-7-9(3)21-10(4)8-17/h9-11H,5-8H2,1-4H3,(H2,15,16,18,19,20)/t9-,10-/m1/s1. The largest absolute Gasteiger partial charge is 0.372 e. The van der Waals surface area contributed by atoms with Crippen LogP contribution >= 0.6 is 0 Å². The summed E-state index contributed by atoms with van der Waals surface area (Å²) in [5, 5.41) is 4.39. The van der Waals surface area contributed by atoms with E-state index in [1.165, 1.54) is 4.90 Å². The predicted molar refractivity (Wildman–Crippen MR) is 77.7 cm³/mol. The molecule has 1 fully saturated rings. The number of rotatable bonds is 3. The zero-order chi connectivity index (χ0) is 16.0. The van der Waals surface area contributed by atoms with Crippen molar-refractivity contribution < 1.29 is 19.1 Å². The van der Waals surface area contributed by atoms with Crippen LogP contribution in [0.1, 0.15) is 40.5 Å². The van der Waals surface area contributed by atoms with E-state index in [-0.39, 0.29) is 24.0 Å². The second-order valence-electron chi connectivity index (χ2n) is 5.42. The Morgan fingerprint density at radius 1 is 1.10 bits per heavy atom. The van der Waals surface area contributed by atoms with Gasteiger partial charge < -0.3 is 9.64 Å². The molecule has 0 unspecified atom stereocenters. The summed E-state index contributed by atoms with van der Waals surface area (Å²) in [6, 6.07) is -1.28. The van der Waals surface area contributed by atoms with Crippen LogP contribution < -0.4 is 10.6 Å². The highest BCUT2D eigenvalue weighted by Crippen LogP contribution is 2.10. The van der Waals surface area contributed by atoms with Gasteiger partial charge in [-0.2, -0.15) is 0 Å². The van der Waals surface area contributed by atoms with Crippen molar-refractivity contribution in [1.29, 1.82) is 0 Å². The van der Waals surface area contributed by atoms with Crippen LogP contribution in [-0.2, 0) is 9.53 Å². The Morgan fingerprint density at radius 2 is 1.62 bits per heavy atom. The first-order valence-electron chi connectivity index (χ1n) is 7.43. The zero-order valence-corrected chi connectivity index (χ0v) is 13.1. The minimum Gasteiger partial charge on any atom is -0.372 e. The molecular weight excluding hydrogens is 274 g/mol. The van der Waals surface area contributed by atoms with E-state index >= 15 is 0 Å². The average molecular weight is 299 g/mol. The van der Waals surface area contributed by atoms with Gasteiger partial charge in [0.15, 0.2) is 0 Å². The fourth-order valence-corrected chi connectivity index (χ4v) is 2.42. The Hall–Kier alpha value is -1.63. The summed E-state index contributed by atoms with van der Waals surface area (Å²) in [5.41, 5.74) is 0. The van der Waals surface area contributed by atoms with E-state index in [1.54, 1.807) is 0 Å². The Bertz CT molecular complexity index is 386. The van der Waals surface area contributed by atoms with E-state index in [9.17, 15) is 14.4 Å². The molecule has 7 nitrogen and oxygen atoms in total. The van der Waals surface area contributed by atoms with Crippen LogP contribution in [0.25, 0.3) is 0 Å². The van der Waals surface area contributed by atoms with E-state index in [0.29, 0.717) is 25.9 Å². The van der Waals surface area contributed by atoms with Gasteiger partial charge in [0.1, 0.15) is 0 Å². The van der Waals surface area contributed by atoms with Crippen molar-refractivity contribution in [2.45, 2.75) is 52.7 Å². The molecule has 0 bridgehead atoms. The second kappa shape index (κ2) is 7.97. The van der Waals surface area contributed by atoms with Crippen molar-refractivity contribution in [3.8, 4) is 0 Å². The van der Waals surface area contributed by atoms with Gasteiger partial charge in [0.05, 0.1) is 12.2 Å². The number of amides is 5. The molecule has 0 radical (unpaired) electrons. The molecule has 0 aromatic rings. The van der Waals surface area contributed by atoms with Crippen molar-refractivity contribution in [2.75, 3.05) is 13.1 Å². The number of hydrogen-bond donors (Lipinski definition) is 2. The maximum Gasteiger partial charge on any atom is 0.329 e. The highest BCUT2D eigenvalue weighted by Gasteiger charge is 2.27. The minimum atomic E-state index is -0.774. The lowest BCUT2D eigenvalue weighted by molar-refractivity contribution is -0.124. The normalized spacial score (nSPS) is 22.0. The predicted octanol–water partition coefficient (Wildman–Crippen LogP) is 1.48. The molecule has 0 saturated carbocycles. The summed E-state index contributed by atoms with van der Waals surface area (Å²) in [4.78, 5) is 36.9. The monoisotopic (exact) mass is 299 g/mol. The lowest BCUT2D eigenvalue weighted by atomic mass is 10.0. The highest BCUT2D eigenvalue weighted by atomic mass is 16.5. The molecular formula is C14H25N3O4. The SMILES string of the molecule is CCC(CC)C(=O)NC(=O)NC(=O)N1C[C@@H](C)O[C@H](C)C1. The number of carbonyl (C=O) groups is 3. The third-order valence-corrected chi connectivity index (χ3v) is 3.52. The zero-order valence-electron chi connectivity index (χ0n) is 13.1. The van der Waals surface area contributed by atoms with Crippen LogP contribution in [0.5, 0.6) is 0 Å². The van der Waals surface area contributed by atoms with Gasteiger partial charge in [-0.25, -0.2) is 9.59 Å². The Labute approximate surface area is 125 Å². The van der Waals surface area contributed by atoms with Crippen molar-refractivity contribution in [3.05, 3.63) is 0 Å². The fraction of sp³-hybridized carbons (Fsp3) is 0.786. The summed E-state index contributed by atoms with van der Waals surface area (Å²) >= 11 is 0. The van der Waals surface area contributed by atoms with Crippen LogP contribution in [-0.4, -0.2) is 48.2 Å². The quantitative estimate of drug-likeness (QED) is 0.826. The third-order valence-electron chi connectivity index (χ3n) is 3.52. The van der Waals surface area contributed by atoms with Gasteiger partial charge in [-0.05, 0) is 26.7 Å². The topological polar surface area (TPSA) is 87.7 Å². The third kappa shape index (κ3) is 5.34. The lowest BCUT2D eigenvalue weighted by Gasteiger charge is -2.35. The Balaban J connectivity index is 2.47. The number of morpholine rings is 1. The van der Waals surface area contributed by atoms with Gasteiger partial charge in [-0.15, -0.1) is 0 Å². The molecule has 1 saturated heterocycles. The molecule has 21 heavy (non-hydrogen) atoms. The Morgan fingerprint density at radius 3 is 2.10 bits per heavy atom. The lowest BCUT2D eigenvalue weighted by Crippen LogP contribution is -2.55. The maximum atomic E-state index is 12.0. The van der Waals surface area contributed by atoms with Crippen molar-refractivity contribution >= 4 is 18.0 Å². The molecule has 120 valence electrons. The fourth-order valence-electron chi connectivity index (χ4n) is 2.42. The smallest absolute Gasteiger partial charge is 0.329 e. The number of hydrogen-bond acceptors (Lipinski definition) is 4. The van der Waals surface area contributed by atoms with Gasteiger partial charge in [-0.3, -0.25) is 15.4 Å². The summed E-state index contributed by atoms with van der Waals surface area (Å²) < 4.78 is 5.52. The first kappa shape index (κ1) is 17.4. The van der Waals surface area contributed by atoms with Crippen LogP contribution in [0.4, 0.5) is 9.59 Å². The number of nitrogens with zero attached hydrogens (tertiary/aromatic N) is 1. The molecule has 1 heterocycles. The molecule has 0 aliphatic carbocycles. The average Bonchev–Trinajstić information content (AvgIpc) is 2.38. The molecule has 1 aliphatic heterocycles. The Kier molecular flexibility index (Phi) is 6.61. The molecule has 7 heteroatoms. The summed E-state index contributed by atoms with van der Waals surface area (Å²) in [6.45, 7) is 8.34. The molecule has 0 aromatic heterocycles. The van der Waals surface area contributed by atoms with E-state index in [2.05, 4.69) is 10.6 Å². The van der Waals surface area contributed by atoms with Crippen LogP contribution in [0, 0.1) is 5.92 Å². The van der Waals surface area contributed by atoms with E-state index < -0.39 is 12.1 Å². The molecule has 2 atom stereocenters. The van der Waals surface area contributed by atoms with Gasteiger partial charge in [0.2, 0.25) is 5.91 Å². The van der Waals surface area contributed by atoms with Gasteiger partial charge >= 0.3 is 12.1 Å². The van der Waals surface area contributed by atoms with Crippen LogP contribution in [0.3, 0.4) is 0 Å². The molecule has 5 amide bonds. The minimum absolute atomic E-state index is 0.0752. The maximum absolute atomic E-state index is 12.0. The van der Waals surface area contributed by atoms with E-state index in [4.69, 9.17) is 4.74 Å². The summed E-state index contributed by atoms with van der Waals surface area (Å²) in [5.74, 6) is -0.566. The first-order chi connectivity index (χ1) is 9.87. The number of imide groups is 2. The van der Waals surface area contributed by atoms with Crippen molar-refractivity contribution in [2.24, 2.45) is 5.92 Å². The van der Waals surface area contributed by atoms with Crippen molar-refractivity contribution in [1.82, 2.24) is 15.5 Å². The van der Waals surface area contributed by atoms with Crippen molar-refractivity contribution in [3.63, 3.8) is 0 Å². The highest BCUT2D eigenvalue weighted by molar-refractivity contribution is 6.02. The molecule has 2 N–H and O–H groups in total. The van der Waals surface area contributed by atoms with Crippen LogP contribution in [0.15, 0.2) is 0 Å². The number of nitrogens with one attached hydrogen (secondary N) is 2. The number of ether oxygens (including phenoxy) is 1. The van der Waals surface area contributed by atoms with E-state index in [0.717, 1.165) is 0 Å². The number of urea groups is 2. The first-order valence-corrected chi connectivity index (χ1v) is 7.43. The molecule has 1 rings (SSSR count). The summed E-state index contributed by atoms with van der Waals surface area (Å²) in [7, 11) is 0. The molecule has 0 aromatic carbocycles. The van der Waals surface area contributed by atoms with Gasteiger partial charge in [-0.1, -0.05) is 13.8 Å². The molecule has 0 spiro atoms. The van der Waals surface area contributed by atoms with Crippen LogP contribution in [0.2, 0.25) is 0 Å². The van der Waals surface area contributed by atoms with Gasteiger partial charge in [0.25, 0.3) is 0 Å².